The average molecular weight is 802 g/mol. The van der Waals surface area contributed by atoms with Crippen molar-refractivity contribution in [3.05, 3.63) is 237 Å². The Kier molecular flexibility index (Phi) is 7.91. The van der Waals surface area contributed by atoms with Crippen LogP contribution < -0.4 is 0 Å². The van der Waals surface area contributed by atoms with Crippen molar-refractivity contribution < 1.29 is 0 Å². The fraction of sp³-hybridized carbons (Fsp3) is 0. The van der Waals surface area contributed by atoms with Gasteiger partial charge in [-0.05, 0) is 118 Å². The predicted molar refractivity (Wildman–Crippen MR) is 266 cm³/mol. The summed E-state index contributed by atoms with van der Waals surface area (Å²) in [6.45, 7) is 0. The number of rotatable bonds is 6. The van der Waals surface area contributed by atoms with Gasteiger partial charge in [0.05, 0.1) is 33.1 Å². The second-order valence-electron chi connectivity index (χ2n) is 16.6. The fourth-order valence-corrected chi connectivity index (χ4v) is 10.1. The van der Waals surface area contributed by atoms with E-state index in [4.69, 9.17) is 0 Å². The van der Waals surface area contributed by atoms with Crippen LogP contribution in [-0.4, -0.2) is 13.7 Å². The molecule has 10 aromatic carbocycles. The van der Waals surface area contributed by atoms with Crippen molar-refractivity contribution in [2.75, 3.05) is 0 Å². The van der Waals surface area contributed by atoms with Gasteiger partial charge in [0.2, 0.25) is 0 Å². The summed E-state index contributed by atoms with van der Waals surface area (Å²) in [5.74, 6) is 0. The van der Waals surface area contributed by atoms with Crippen LogP contribution in [-0.2, 0) is 0 Å². The SMILES string of the molecule is c1ccc(-c2cc(-c3ccccc3)cc(-n3c4ccccc4c4cc(-c5ccc6c(c5)c5ccccc5n6-c5ccc6c7ccccc7n(-c7ccccc7)c6c5)ccc43)c2)cc1. The van der Waals surface area contributed by atoms with Crippen molar-refractivity contribution in [2.45, 2.75) is 0 Å². The summed E-state index contributed by atoms with van der Waals surface area (Å²) in [4.78, 5) is 0. The molecule has 3 heteroatoms. The van der Waals surface area contributed by atoms with Gasteiger partial charge in [0.25, 0.3) is 0 Å². The van der Waals surface area contributed by atoms with E-state index in [-0.39, 0.29) is 0 Å². The van der Waals surface area contributed by atoms with Crippen molar-refractivity contribution >= 4 is 65.4 Å². The van der Waals surface area contributed by atoms with Gasteiger partial charge in [-0.2, -0.15) is 0 Å². The summed E-state index contributed by atoms with van der Waals surface area (Å²) in [6.07, 6.45) is 0. The zero-order chi connectivity index (χ0) is 41.4. The molecule has 0 unspecified atom stereocenters. The number of para-hydroxylation sites is 4. The molecule has 294 valence electrons. The zero-order valence-corrected chi connectivity index (χ0v) is 34.4. The lowest BCUT2D eigenvalue weighted by Crippen LogP contribution is -1.96. The Morgan fingerprint density at radius 3 is 1.10 bits per heavy atom. The highest BCUT2D eigenvalue weighted by Gasteiger charge is 2.19. The van der Waals surface area contributed by atoms with Crippen molar-refractivity contribution in [1.82, 2.24) is 13.7 Å². The molecule has 13 aromatic rings. The summed E-state index contributed by atoms with van der Waals surface area (Å²) in [7, 11) is 0. The number of nitrogens with zero attached hydrogens (tertiary/aromatic N) is 3. The maximum Gasteiger partial charge on any atom is 0.0561 e. The maximum absolute atomic E-state index is 2.44. The van der Waals surface area contributed by atoms with Crippen molar-refractivity contribution in [3.63, 3.8) is 0 Å². The number of benzene rings is 10. The molecule has 13 rings (SSSR count). The van der Waals surface area contributed by atoms with Gasteiger partial charge in [0, 0.05) is 49.4 Å². The first-order valence-electron chi connectivity index (χ1n) is 21.7. The minimum atomic E-state index is 1.14. The van der Waals surface area contributed by atoms with Crippen LogP contribution >= 0.6 is 0 Å². The van der Waals surface area contributed by atoms with Gasteiger partial charge < -0.3 is 13.7 Å². The third kappa shape index (κ3) is 5.60. The average Bonchev–Trinajstić information content (AvgIpc) is 3.99. The minimum Gasteiger partial charge on any atom is -0.309 e. The first-order valence-corrected chi connectivity index (χ1v) is 21.7. The highest BCUT2D eigenvalue weighted by Crippen LogP contribution is 2.41. The molecule has 3 aromatic heterocycles. The van der Waals surface area contributed by atoms with E-state index in [9.17, 15) is 0 Å². The van der Waals surface area contributed by atoms with Crippen LogP contribution in [0.2, 0.25) is 0 Å². The Hall–Kier alpha value is -8.40. The molecule has 63 heavy (non-hydrogen) atoms. The summed E-state index contributed by atoms with van der Waals surface area (Å²) in [6, 6.07) is 86.5. The van der Waals surface area contributed by atoms with Crippen LogP contribution in [0.4, 0.5) is 0 Å². The largest absolute Gasteiger partial charge is 0.309 e. The molecule has 0 bridgehead atoms. The summed E-state index contributed by atoms with van der Waals surface area (Å²) < 4.78 is 7.28. The molecule has 0 saturated heterocycles. The molecule has 0 atom stereocenters. The van der Waals surface area contributed by atoms with Gasteiger partial charge in [-0.1, -0.05) is 152 Å². The second-order valence-corrected chi connectivity index (χ2v) is 16.6. The lowest BCUT2D eigenvalue weighted by molar-refractivity contribution is 1.15. The number of fused-ring (bicyclic) bond motifs is 9. The Labute approximate surface area is 364 Å². The van der Waals surface area contributed by atoms with Crippen LogP contribution in [0.1, 0.15) is 0 Å². The molecule has 0 N–H and O–H groups in total. The van der Waals surface area contributed by atoms with Crippen LogP contribution in [0.3, 0.4) is 0 Å². The number of hydrogen-bond acceptors (Lipinski definition) is 0. The maximum atomic E-state index is 2.44. The lowest BCUT2D eigenvalue weighted by Gasteiger charge is -2.14. The van der Waals surface area contributed by atoms with E-state index in [1.165, 1.54) is 98.8 Å². The summed E-state index contributed by atoms with van der Waals surface area (Å²) in [5.41, 5.74) is 17.8. The second kappa shape index (κ2) is 14.1. The zero-order valence-electron chi connectivity index (χ0n) is 34.4. The molecule has 0 amide bonds. The third-order valence-corrected chi connectivity index (χ3v) is 13.0. The molecule has 3 heterocycles. The molecular weight excluding hydrogens is 763 g/mol. The summed E-state index contributed by atoms with van der Waals surface area (Å²) in [5, 5.41) is 7.45. The van der Waals surface area contributed by atoms with E-state index in [0.29, 0.717) is 0 Å². The van der Waals surface area contributed by atoms with Gasteiger partial charge in [0.15, 0.2) is 0 Å². The van der Waals surface area contributed by atoms with E-state index < -0.39 is 0 Å². The molecule has 0 radical (unpaired) electrons. The monoisotopic (exact) mass is 801 g/mol. The predicted octanol–water partition coefficient (Wildman–Crippen LogP) is 16.0. The van der Waals surface area contributed by atoms with Crippen LogP contribution in [0, 0.1) is 0 Å². The van der Waals surface area contributed by atoms with E-state index in [0.717, 1.165) is 17.1 Å². The van der Waals surface area contributed by atoms with Gasteiger partial charge in [-0.3, -0.25) is 0 Å². The molecule has 0 aliphatic carbocycles. The van der Waals surface area contributed by atoms with Crippen LogP contribution in [0.5, 0.6) is 0 Å². The van der Waals surface area contributed by atoms with Gasteiger partial charge in [-0.15, -0.1) is 0 Å². The molecule has 0 saturated carbocycles. The fourth-order valence-electron chi connectivity index (χ4n) is 10.1. The van der Waals surface area contributed by atoms with Gasteiger partial charge in [0.1, 0.15) is 0 Å². The summed E-state index contributed by atoms with van der Waals surface area (Å²) >= 11 is 0. The highest BCUT2D eigenvalue weighted by atomic mass is 15.0. The minimum absolute atomic E-state index is 1.14. The Balaban J connectivity index is 0.974. The first-order chi connectivity index (χ1) is 31.2. The number of hydrogen-bond donors (Lipinski definition) is 0. The normalized spacial score (nSPS) is 11.8. The Morgan fingerprint density at radius 2 is 0.571 bits per heavy atom. The van der Waals surface area contributed by atoms with E-state index in [2.05, 4.69) is 250 Å². The molecule has 0 aliphatic heterocycles. The van der Waals surface area contributed by atoms with Gasteiger partial charge >= 0.3 is 0 Å². The van der Waals surface area contributed by atoms with Gasteiger partial charge in [-0.25, -0.2) is 0 Å². The van der Waals surface area contributed by atoms with Crippen molar-refractivity contribution in [3.8, 4) is 50.4 Å². The smallest absolute Gasteiger partial charge is 0.0561 e. The van der Waals surface area contributed by atoms with Crippen LogP contribution in [0.25, 0.3) is 116 Å². The van der Waals surface area contributed by atoms with Crippen LogP contribution in [0.15, 0.2) is 237 Å². The van der Waals surface area contributed by atoms with E-state index in [1.807, 2.05) is 0 Å². The Bertz CT molecular complexity index is 3830. The first kappa shape index (κ1) is 35.4. The Morgan fingerprint density at radius 1 is 0.175 bits per heavy atom. The molecule has 0 aliphatic rings. The molecule has 0 fully saturated rings. The van der Waals surface area contributed by atoms with Crippen molar-refractivity contribution in [1.29, 1.82) is 0 Å². The van der Waals surface area contributed by atoms with E-state index in [1.54, 1.807) is 0 Å². The quantitative estimate of drug-likeness (QED) is 0.159. The highest BCUT2D eigenvalue weighted by molar-refractivity contribution is 6.14. The third-order valence-electron chi connectivity index (χ3n) is 13.0. The number of aromatic nitrogens is 3. The van der Waals surface area contributed by atoms with E-state index >= 15 is 0 Å². The molecule has 3 nitrogen and oxygen atoms in total. The topological polar surface area (TPSA) is 14.8 Å². The standard InChI is InChI=1S/C60H39N3/c1-4-16-40(17-5-1)44-34-45(41-18-6-2-7-19-41)36-48(35-44)63-57-27-15-12-24-51(57)54-38-43(29-33-59(54)63)42-28-32-58-53(37-42)50-23-11-14-26-56(50)62(58)47-30-31-52-49-22-10-13-25-55(49)61(60(52)39-47)46-20-8-3-9-21-46/h1-39H. The van der Waals surface area contributed by atoms with Crippen molar-refractivity contribution in [2.24, 2.45) is 0 Å². The lowest BCUT2D eigenvalue weighted by atomic mass is 9.98. The molecular formula is C60H39N3. The molecule has 0 spiro atoms.